The van der Waals surface area contributed by atoms with Gasteiger partial charge in [-0.3, -0.25) is 14.4 Å². The van der Waals surface area contributed by atoms with Gasteiger partial charge in [0.25, 0.3) is 11.5 Å². The van der Waals surface area contributed by atoms with E-state index in [4.69, 9.17) is 4.74 Å². The fraction of sp³-hybridized carbons (Fsp3) is 0.167. The number of carbonyl (C=O) groups excluding carboxylic acids is 2. The Hall–Kier alpha value is -3.95. The molecule has 28 heavy (non-hydrogen) atoms. The van der Waals surface area contributed by atoms with Crippen molar-refractivity contribution in [1.82, 2.24) is 20.0 Å². The Labute approximate surface area is 159 Å². The highest BCUT2D eigenvalue weighted by molar-refractivity contribution is 6.06. The number of methoxy groups -OCH3 is 1. The molecule has 0 radical (unpaired) electrons. The van der Waals surface area contributed by atoms with Crippen molar-refractivity contribution in [3.05, 3.63) is 58.1 Å². The first-order valence-corrected chi connectivity index (χ1v) is 8.26. The summed E-state index contributed by atoms with van der Waals surface area (Å²) in [6, 6.07) is 7.73. The molecule has 0 aliphatic rings. The van der Waals surface area contributed by atoms with E-state index < -0.39 is 5.91 Å². The molecule has 10 nitrogen and oxygen atoms in total. The zero-order valence-electron chi connectivity index (χ0n) is 15.4. The molecule has 0 aliphatic carbocycles. The minimum absolute atomic E-state index is 0.229. The quantitative estimate of drug-likeness (QED) is 0.613. The van der Waals surface area contributed by atoms with E-state index in [0.29, 0.717) is 34.2 Å². The van der Waals surface area contributed by atoms with Crippen LogP contribution >= 0.6 is 0 Å². The van der Waals surface area contributed by atoms with Crippen molar-refractivity contribution in [1.29, 1.82) is 0 Å². The SMILES string of the molecule is COc1ccc(NC(C)=O)cc1NC(=O)c1cnn(-c2ccc(=O)[nH]n2)c1C. The molecule has 2 heterocycles. The highest BCUT2D eigenvalue weighted by Gasteiger charge is 2.18. The van der Waals surface area contributed by atoms with Crippen LogP contribution in [0.1, 0.15) is 23.0 Å². The van der Waals surface area contributed by atoms with Crippen LogP contribution < -0.4 is 20.9 Å². The van der Waals surface area contributed by atoms with Crippen LogP contribution in [0.15, 0.2) is 41.3 Å². The van der Waals surface area contributed by atoms with Crippen molar-refractivity contribution >= 4 is 23.2 Å². The molecule has 0 saturated heterocycles. The topological polar surface area (TPSA) is 131 Å². The van der Waals surface area contributed by atoms with Crippen LogP contribution in [0, 0.1) is 6.92 Å². The van der Waals surface area contributed by atoms with Crippen LogP contribution in [0.3, 0.4) is 0 Å². The summed E-state index contributed by atoms with van der Waals surface area (Å²) in [5, 5.41) is 15.8. The molecule has 0 saturated carbocycles. The highest BCUT2D eigenvalue weighted by atomic mass is 16.5. The summed E-state index contributed by atoms with van der Waals surface area (Å²) < 4.78 is 6.71. The van der Waals surface area contributed by atoms with Crippen molar-refractivity contribution in [3.8, 4) is 11.6 Å². The lowest BCUT2D eigenvalue weighted by atomic mass is 10.2. The second-order valence-corrected chi connectivity index (χ2v) is 5.89. The average molecular weight is 382 g/mol. The Kier molecular flexibility index (Phi) is 5.21. The summed E-state index contributed by atoms with van der Waals surface area (Å²) in [4.78, 5) is 35.2. The Balaban J connectivity index is 1.88. The van der Waals surface area contributed by atoms with Crippen molar-refractivity contribution in [3.63, 3.8) is 0 Å². The Morgan fingerprint density at radius 1 is 1.18 bits per heavy atom. The Morgan fingerprint density at radius 3 is 2.61 bits per heavy atom. The lowest BCUT2D eigenvalue weighted by Gasteiger charge is -2.12. The number of hydrogen-bond donors (Lipinski definition) is 3. The molecule has 0 aliphatic heterocycles. The fourth-order valence-electron chi connectivity index (χ4n) is 2.59. The molecule has 2 aromatic heterocycles. The van der Waals surface area contributed by atoms with Crippen molar-refractivity contribution in [2.45, 2.75) is 13.8 Å². The second-order valence-electron chi connectivity index (χ2n) is 5.89. The van der Waals surface area contributed by atoms with E-state index >= 15 is 0 Å². The summed E-state index contributed by atoms with van der Waals surface area (Å²) >= 11 is 0. The normalized spacial score (nSPS) is 10.4. The van der Waals surface area contributed by atoms with Crippen LogP contribution in [0.4, 0.5) is 11.4 Å². The summed E-state index contributed by atoms with van der Waals surface area (Å²) in [6.07, 6.45) is 1.40. The van der Waals surface area contributed by atoms with Crippen LogP contribution in [-0.2, 0) is 4.79 Å². The second kappa shape index (κ2) is 7.74. The van der Waals surface area contributed by atoms with Gasteiger partial charge in [0.15, 0.2) is 5.82 Å². The summed E-state index contributed by atoms with van der Waals surface area (Å²) in [5.74, 6) is 0.176. The molecular formula is C18H18N6O4. The van der Waals surface area contributed by atoms with Gasteiger partial charge in [0.05, 0.1) is 30.3 Å². The highest BCUT2D eigenvalue weighted by Crippen LogP contribution is 2.28. The molecule has 0 spiro atoms. The zero-order chi connectivity index (χ0) is 20.3. The number of rotatable bonds is 5. The number of benzene rings is 1. The maximum absolute atomic E-state index is 12.7. The number of nitrogens with one attached hydrogen (secondary N) is 3. The third-order valence-corrected chi connectivity index (χ3v) is 3.90. The molecule has 0 atom stereocenters. The van der Waals surface area contributed by atoms with Crippen molar-refractivity contribution < 1.29 is 14.3 Å². The van der Waals surface area contributed by atoms with E-state index in [0.717, 1.165) is 0 Å². The monoisotopic (exact) mass is 382 g/mol. The van der Waals surface area contributed by atoms with Crippen LogP contribution in [0.2, 0.25) is 0 Å². The molecule has 0 fully saturated rings. The van der Waals surface area contributed by atoms with Gasteiger partial charge in [0.2, 0.25) is 5.91 Å². The number of ether oxygens (including phenoxy) is 1. The molecule has 1 aromatic carbocycles. The van der Waals surface area contributed by atoms with Crippen molar-refractivity contribution in [2.24, 2.45) is 0 Å². The molecule has 0 unspecified atom stereocenters. The van der Waals surface area contributed by atoms with Gasteiger partial charge < -0.3 is 15.4 Å². The van der Waals surface area contributed by atoms with Gasteiger partial charge in [-0.1, -0.05) is 0 Å². The van der Waals surface area contributed by atoms with E-state index in [1.165, 1.54) is 37.0 Å². The average Bonchev–Trinajstić information content (AvgIpc) is 3.04. The van der Waals surface area contributed by atoms with Gasteiger partial charge >= 0.3 is 0 Å². The van der Waals surface area contributed by atoms with E-state index in [-0.39, 0.29) is 11.5 Å². The number of carbonyl (C=O) groups is 2. The fourth-order valence-corrected chi connectivity index (χ4v) is 2.59. The summed E-state index contributed by atoms with van der Waals surface area (Å²) in [5.41, 5.74) is 1.44. The number of anilines is 2. The van der Waals surface area contributed by atoms with Gasteiger partial charge in [-0.2, -0.15) is 10.2 Å². The van der Waals surface area contributed by atoms with Gasteiger partial charge in [-0.05, 0) is 31.2 Å². The number of nitrogens with zero attached hydrogens (tertiary/aromatic N) is 3. The van der Waals surface area contributed by atoms with Gasteiger partial charge in [-0.15, -0.1) is 0 Å². The maximum Gasteiger partial charge on any atom is 0.264 e. The Bertz CT molecular complexity index is 1080. The van der Waals surface area contributed by atoms with Crippen LogP contribution in [0.25, 0.3) is 5.82 Å². The third-order valence-electron chi connectivity index (χ3n) is 3.90. The van der Waals surface area contributed by atoms with Crippen LogP contribution in [-0.4, -0.2) is 38.9 Å². The first-order valence-electron chi connectivity index (χ1n) is 8.26. The Morgan fingerprint density at radius 2 is 1.96 bits per heavy atom. The third kappa shape index (κ3) is 3.90. The van der Waals surface area contributed by atoms with E-state index in [1.807, 2.05) is 0 Å². The lowest BCUT2D eigenvalue weighted by molar-refractivity contribution is -0.114. The molecule has 3 N–H and O–H groups in total. The predicted molar refractivity (Wildman–Crippen MR) is 102 cm³/mol. The molecule has 0 bridgehead atoms. The number of amides is 2. The summed E-state index contributed by atoms with van der Waals surface area (Å²) in [7, 11) is 1.48. The smallest absolute Gasteiger partial charge is 0.264 e. The number of H-pyrrole nitrogens is 1. The molecule has 2 amide bonds. The molecule has 10 heteroatoms. The van der Waals surface area contributed by atoms with Crippen LogP contribution in [0.5, 0.6) is 5.75 Å². The van der Waals surface area contributed by atoms with Gasteiger partial charge in [0, 0.05) is 18.7 Å². The lowest BCUT2D eigenvalue weighted by Crippen LogP contribution is -2.15. The molecule has 3 rings (SSSR count). The van der Waals surface area contributed by atoms with E-state index in [9.17, 15) is 14.4 Å². The largest absolute Gasteiger partial charge is 0.495 e. The molecule has 3 aromatic rings. The number of aromatic amines is 1. The zero-order valence-corrected chi connectivity index (χ0v) is 15.4. The number of hydrogen-bond acceptors (Lipinski definition) is 6. The van der Waals surface area contributed by atoms with Gasteiger partial charge in [-0.25, -0.2) is 9.78 Å². The molecule has 144 valence electrons. The standard InChI is InChI=1S/C18H18N6O4/c1-10-13(9-19-24(10)16-6-7-17(26)23-22-16)18(27)21-14-8-12(20-11(2)25)4-5-15(14)28-3/h4-9H,1-3H3,(H,20,25)(H,21,27)(H,23,26). The molecular weight excluding hydrogens is 364 g/mol. The summed E-state index contributed by atoms with van der Waals surface area (Å²) in [6.45, 7) is 3.10. The van der Waals surface area contributed by atoms with Gasteiger partial charge in [0.1, 0.15) is 5.75 Å². The van der Waals surface area contributed by atoms with Crippen molar-refractivity contribution in [2.75, 3.05) is 17.7 Å². The minimum Gasteiger partial charge on any atom is -0.495 e. The maximum atomic E-state index is 12.7. The first kappa shape index (κ1) is 18.8. The first-order chi connectivity index (χ1) is 13.4. The number of aromatic nitrogens is 4. The minimum atomic E-state index is -0.411. The predicted octanol–water partition coefficient (Wildman–Crippen LogP) is 1.48. The van der Waals surface area contributed by atoms with E-state index in [1.54, 1.807) is 25.1 Å². The van der Waals surface area contributed by atoms with E-state index in [2.05, 4.69) is 25.9 Å².